The molecule has 0 amide bonds. The highest BCUT2D eigenvalue weighted by molar-refractivity contribution is 7.89. The first-order valence-corrected chi connectivity index (χ1v) is 9.13. The Labute approximate surface area is 128 Å². The van der Waals surface area contributed by atoms with Crippen LogP contribution in [0.3, 0.4) is 0 Å². The van der Waals surface area contributed by atoms with Gasteiger partial charge in [0.05, 0.1) is 0 Å². The molecule has 0 spiro atoms. The highest BCUT2D eigenvalue weighted by atomic mass is 32.2. The maximum absolute atomic E-state index is 12.6. The number of rotatable bonds is 9. The molecule has 6 heteroatoms. The molecule has 0 aliphatic heterocycles. The molecule has 0 saturated heterocycles. The quantitative estimate of drug-likeness (QED) is 0.687. The van der Waals surface area contributed by atoms with E-state index in [1.165, 1.54) is 0 Å². The summed E-state index contributed by atoms with van der Waals surface area (Å²) in [5.41, 5.74) is 0.733. The van der Waals surface area contributed by atoms with E-state index >= 15 is 0 Å². The fourth-order valence-electron chi connectivity index (χ4n) is 2.47. The summed E-state index contributed by atoms with van der Waals surface area (Å²) in [5.74, 6) is 1.12. The predicted octanol–water partition coefficient (Wildman–Crippen LogP) is 2.86. The molecule has 21 heavy (non-hydrogen) atoms. The zero-order valence-corrected chi connectivity index (χ0v) is 14.6. The minimum Gasteiger partial charge on any atom is -0.465 e. The molecule has 2 N–H and O–H groups in total. The monoisotopic (exact) mass is 316 g/mol. The third-order valence-corrected chi connectivity index (χ3v) is 5.18. The maximum atomic E-state index is 12.6. The molecule has 0 fully saturated rings. The SMILES string of the molecule is CCCNCc1c(C)oc(C)c1S(=O)(=O)NC(C)CCC. The van der Waals surface area contributed by atoms with Crippen molar-refractivity contribution in [2.75, 3.05) is 6.54 Å². The molecule has 0 aromatic carbocycles. The summed E-state index contributed by atoms with van der Waals surface area (Å²) in [4.78, 5) is 0.298. The van der Waals surface area contributed by atoms with Gasteiger partial charge in [-0.2, -0.15) is 0 Å². The van der Waals surface area contributed by atoms with Crippen LogP contribution in [-0.4, -0.2) is 21.0 Å². The van der Waals surface area contributed by atoms with Gasteiger partial charge in [0.15, 0.2) is 0 Å². The number of hydrogen-bond acceptors (Lipinski definition) is 4. The average Bonchev–Trinajstić information content (AvgIpc) is 2.64. The second kappa shape index (κ2) is 7.96. The molecule has 1 unspecified atom stereocenters. The molecular formula is C15H28N2O3S. The maximum Gasteiger partial charge on any atom is 0.244 e. The Morgan fingerprint density at radius 3 is 2.38 bits per heavy atom. The van der Waals surface area contributed by atoms with Gasteiger partial charge >= 0.3 is 0 Å². The van der Waals surface area contributed by atoms with Crippen molar-refractivity contribution in [1.82, 2.24) is 10.0 Å². The lowest BCUT2D eigenvalue weighted by molar-refractivity contribution is 0.491. The molecule has 1 aromatic heterocycles. The van der Waals surface area contributed by atoms with E-state index in [1.54, 1.807) is 6.92 Å². The van der Waals surface area contributed by atoms with Gasteiger partial charge in [-0.15, -0.1) is 0 Å². The normalized spacial score (nSPS) is 13.6. The molecule has 0 bridgehead atoms. The molecule has 1 rings (SSSR count). The van der Waals surface area contributed by atoms with Gasteiger partial charge in [-0.25, -0.2) is 13.1 Å². The molecule has 1 atom stereocenters. The molecule has 0 aliphatic carbocycles. The standard InChI is InChI=1S/C15H28N2O3S/c1-6-8-11(3)17-21(18,19)15-13(5)20-12(4)14(15)10-16-9-7-2/h11,16-17H,6-10H2,1-5H3. The third kappa shape index (κ3) is 4.83. The minimum atomic E-state index is -3.54. The number of hydrogen-bond donors (Lipinski definition) is 2. The second-order valence-corrected chi connectivity index (χ2v) is 7.16. The molecule has 1 aromatic rings. The lowest BCUT2D eigenvalue weighted by atomic mass is 10.2. The van der Waals surface area contributed by atoms with Crippen molar-refractivity contribution in [3.8, 4) is 0 Å². The van der Waals surface area contributed by atoms with E-state index < -0.39 is 10.0 Å². The fourth-order valence-corrected chi connectivity index (χ4v) is 4.20. The van der Waals surface area contributed by atoms with Gasteiger partial charge < -0.3 is 9.73 Å². The first-order chi connectivity index (χ1) is 9.83. The number of furan rings is 1. The molecule has 5 nitrogen and oxygen atoms in total. The summed E-state index contributed by atoms with van der Waals surface area (Å²) in [6, 6.07) is -0.0777. The highest BCUT2D eigenvalue weighted by Gasteiger charge is 2.27. The van der Waals surface area contributed by atoms with Gasteiger partial charge in [0, 0.05) is 18.2 Å². The zero-order valence-electron chi connectivity index (χ0n) is 13.7. The van der Waals surface area contributed by atoms with Gasteiger partial charge in [0.25, 0.3) is 0 Å². The lowest BCUT2D eigenvalue weighted by Crippen LogP contribution is -2.33. The molecule has 122 valence electrons. The van der Waals surface area contributed by atoms with E-state index in [4.69, 9.17) is 4.42 Å². The Morgan fingerprint density at radius 2 is 1.81 bits per heavy atom. The molecule has 0 radical (unpaired) electrons. The van der Waals surface area contributed by atoms with E-state index in [9.17, 15) is 8.42 Å². The van der Waals surface area contributed by atoms with Crippen LogP contribution in [0, 0.1) is 13.8 Å². The Morgan fingerprint density at radius 1 is 1.14 bits per heavy atom. The number of aryl methyl sites for hydroxylation is 2. The van der Waals surface area contributed by atoms with E-state index in [2.05, 4.69) is 17.0 Å². The number of sulfonamides is 1. The van der Waals surface area contributed by atoms with Crippen LogP contribution in [0.1, 0.15) is 57.1 Å². The first-order valence-electron chi connectivity index (χ1n) is 7.65. The lowest BCUT2D eigenvalue weighted by Gasteiger charge is -2.14. The summed E-state index contributed by atoms with van der Waals surface area (Å²) in [6.07, 6.45) is 2.76. The van der Waals surface area contributed by atoms with E-state index in [1.807, 2.05) is 20.8 Å². The van der Waals surface area contributed by atoms with Crippen LogP contribution >= 0.6 is 0 Å². The zero-order chi connectivity index (χ0) is 16.0. The summed E-state index contributed by atoms with van der Waals surface area (Å²) < 4.78 is 33.5. The van der Waals surface area contributed by atoms with E-state index in [0.29, 0.717) is 23.0 Å². The van der Waals surface area contributed by atoms with Crippen molar-refractivity contribution in [3.05, 3.63) is 17.1 Å². The summed E-state index contributed by atoms with van der Waals surface area (Å²) in [6.45, 7) is 10.9. The van der Waals surface area contributed by atoms with Crippen molar-refractivity contribution >= 4 is 10.0 Å². The van der Waals surface area contributed by atoms with Gasteiger partial charge in [-0.05, 0) is 40.2 Å². The van der Waals surface area contributed by atoms with E-state index in [0.717, 1.165) is 31.4 Å². The summed E-state index contributed by atoms with van der Waals surface area (Å²) in [7, 11) is -3.54. The smallest absolute Gasteiger partial charge is 0.244 e. The Balaban J connectivity index is 3.04. The topological polar surface area (TPSA) is 71.3 Å². The average molecular weight is 316 g/mol. The van der Waals surface area contributed by atoms with Crippen LogP contribution in [0.5, 0.6) is 0 Å². The van der Waals surface area contributed by atoms with E-state index in [-0.39, 0.29) is 6.04 Å². The van der Waals surface area contributed by atoms with Crippen LogP contribution in [0.25, 0.3) is 0 Å². The second-order valence-electron chi connectivity index (χ2n) is 5.51. The fraction of sp³-hybridized carbons (Fsp3) is 0.733. The van der Waals surface area contributed by atoms with Crippen molar-refractivity contribution in [3.63, 3.8) is 0 Å². The summed E-state index contributed by atoms with van der Waals surface area (Å²) >= 11 is 0. The Kier molecular flexibility index (Phi) is 6.90. The van der Waals surface area contributed by atoms with Gasteiger partial charge in [0.1, 0.15) is 16.4 Å². The van der Waals surface area contributed by atoms with Gasteiger partial charge in [-0.3, -0.25) is 0 Å². The van der Waals surface area contributed by atoms with Crippen LogP contribution in [-0.2, 0) is 16.6 Å². The van der Waals surface area contributed by atoms with Crippen molar-refractivity contribution in [2.24, 2.45) is 0 Å². The molecule has 1 heterocycles. The third-order valence-electron chi connectivity index (χ3n) is 3.40. The van der Waals surface area contributed by atoms with Gasteiger partial charge in [-0.1, -0.05) is 20.3 Å². The highest BCUT2D eigenvalue weighted by Crippen LogP contribution is 2.26. The molecule has 0 saturated carbocycles. The Bertz CT molecular complexity index is 550. The van der Waals surface area contributed by atoms with Crippen molar-refractivity contribution < 1.29 is 12.8 Å². The molecule has 0 aliphatic rings. The van der Waals surface area contributed by atoms with Crippen LogP contribution < -0.4 is 10.0 Å². The summed E-state index contributed by atoms with van der Waals surface area (Å²) in [5, 5.41) is 3.24. The van der Waals surface area contributed by atoms with Crippen LogP contribution in [0.15, 0.2) is 9.31 Å². The molecular weight excluding hydrogens is 288 g/mol. The van der Waals surface area contributed by atoms with Crippen molar-refractivity contribution in [2.45, 2.75) is 71.4 Å². The minimum absolute atomic E-state index is 0.0777. The van der Waals surface area contributed by atoms with Crippen molar-refractivity contribution in [1.29, 1.82) is 0 Å². The number of nitrogens with one attached hydrogen (secondary N) is 2. The Hall–Kier alpha value is -0.850. The first kappa shape index (κ1) is 18.2. The van der Waals surface area contributed by atoms with Gasteiger partial charge in [0.2, 0.25) is 10.0 Å². The predicted molar refractivity (Wildman–Crippen MR) is 84.9 cm³/mol. The largest absolute Gasteiger partial charge is 0.465 e. The van der Waals surface area contributed by atoms with Crippen LogP contribution in [0.4, 0.5) is 0 Å². The van der Waals surface area contributed by atoms with Crippen LogP contribution in [0.2, 0.25) is 0 Å².